The zero-order valence-electron chi connectivity index (χ0n) is 18.1. The van der Waals surface area contributed by atoms with E-state index in [0.717, 1.165) is 5.56 Å². The van der Waals surface area contributed by atoms with Crippen molar-refractivity contribution in [3.8, 4) is 17.0 Å². The SMILES string of the molecule is COc1ccc(-c2cc(C(=O)OCC(=O)Nc3ccccc3[N+](=O)[O-])c3ccccc3n2)cc1. The fourth-order valence-corrected chi connectivity index (χ4v) is 3.39. The summed E-state index contributed by atoms with van der Waals surface area (Å²) in [6.07, 6.45) is 0. The summed E-state index contributed by atoms with van der Waals surface area (Å²) in [6.45, 7) is -0.612. The van der Waals surface area contributed by atoms with Crippen LogP contribution in [-0.2, 0) is 9.53 Å². The van der Waals surface area contributed by atoms with Gasteiger partial charge in [-0.3, -0.25) is 14.9 Å². The number of rotatable bonds is 7. The number of esters is 1. The van der Waals surface area contributed by atoms with Crippen molar-refractivity contribution in [1.82, 2.24) is 4.98 Å². The molecule has 170 valence electrons. The van der Waals surface area contributed by atoms with Crippen molar-refractivity contribution in [2.75, 3.05) is 19.0 Å². The fourth-order valence-electron chi connectivity index (χ4n) is 3.39. The number of hydrogen-bond donors (Lipinski definition) is 1. The number of nitro groups is 1. The minimum atomic E-state index is -0.717. The highest BCUT2D eigenvalue weighted by molar-refractivity contribution is 6.05. The first kappa shape index (κ1) is 22.4. The zero-order chi connectivity index (χ0) is 24.1. The van der Waals surface area contributed by atoms with E-state index in [-0.39, 0.29) is 16.9 Å². The van der Waals surface area contributed by atoms with Crippen molar-refractivity contribution in [2.24, 2.45) is 0 Å². The molecule has 0 spiro atoms. The molecule has 9 nitrogen and oxygen atoms in total. The minimum absolute atomic E-state index is 0.0182. The standard InChI is InChI=1S/C25H19N3O6/c1-33-17-12-10-16(11-13-17)22-14-19(18-6-2-3-7-20(18)26-22)25(30)34-15-24(29)27-21-8-4-5-9-23(21)28(31)32/h2-14H,15H2,1H3,(H,27,29). The maximum atomic E-state index is 12.9. The second-order valence-corrected chi connectivity index (χ2v) is 7.20. The van der Waals surface area contributed by atoms with Gasteiger partial charge in [-0.15, -0.1) is 0 Å². The Bertz CT molecular complexity index is 1390. The van der Waals surface area contributed by atoms with Gasteiger partial charge in [0, 0.05) is 17.0 Å². The van der Waals surface area contributed by atoms with Gasteiger partial charge in [-0.05, 0) is 42.5 Å². The average molecular weight is 457 g/mol. The molecule has 0 saturated carbocycles. The minimum Gasteiger partial charge on any atom is -0.497 e. The van der Waals surface area contributed by atoms with Crippen LogP contribution in [0.25, 0.3) is 22.2 Å². The first-order valence-corrected chi connectivity index (χ1v) is 10.2. The van der Waals surface area contributed by atoms with Crippen molar-refractivity contribution in [2.45, 2.75) is 0 Å². The molecule has 34 heavy (non-hydrogen) atoms. The van der Waals surface area contributed by atoms with E-state index in [9.17, 15) is 19.7 Å². The van der Waals surface area contributed by atoms with Gasteiger partial charge in [0.05, 0.1) is 28.8 Å². The highest BCUT2D eigenvalue weighted by atomic mass is 16.6. The largest absolute Gasteiger partial charge is 0.497 e. The van der Waals surface area contributed by atoms with Crippen molar-refractivity contribution >= 4 is 34.2 Å². The van der Waals surface area contributed by atoms with Crippen LogP contribution in [0.15, 0.2) is 78.9 Å². The normalized spacial score (nSPS) is 10.5. The topological polar surface area (TPSA) is 121 Å². The van der Waals surface area contributed by atoms with Gasteiger partial charge >= 0.3 is 5.97 Å². The smallest absolute Gasteiger partial charge is 0.339 e. The molecule has 3 aromatic carbocycles. The number of benzene rings is 3. The van der Waals surface area contributed by atoms with E-state index in [0.29, 0.717) is 22.3 Å². The maximum absolute atomic E-state index is 12.9. The summed E-state index contributed by atoms with van der Waals surface area (Å²) >= 11 is 0. The second-order valence-electron chi connectivity index (χ2n) is 7.20. The second kappa shape index (κ2) is 9.78. The molecule has 1 aromatic heterocycles. The molecule has 0 aliphatic carbocycles. The number of amides is 1. The molecule has 0 bridgehead atoms. The Morgan fingerprint density at radius 3 is 2.44 bits per heavy atom. The summed E-state index contributed by atoms with van der Waals surface area (Å²) in [5, 5.41) is 14.1. The number of nitrogens with zero attached hydrogens (tertiary/aromatic N) is 2. The molecule has 0 saturated heterocycles. The Morgan fingerprint density at radius 1 is 1.00 bits per heavy atom. The quantitative estimate of drug-likeness (QED) is 0.244. The summed E-state index contributed by atoms with van der Waals surface area (Å²) in [7, 11) is 1.57. The average Bonchev–Trinajstić information content (AvgIpc) is 2.87. The summed E-state index contributed by atoms with van der Waals surface area (Å²) < 4.78 is 10.4. The van der Waals surface area contributed by atoms with Gasteiger partial charge in [-0.2, -0.15) is 0 Å². The first-order chi connectivity index (χ1) is 16.5. The van der Waals surface area contributed by atoms with E-state index in [1.54, 1.807) is 49.6 Å². The van der Waals surface area contributed by atoms with E-state index >= 15 is 0 Å². The number of pyridine rings is 1. The number of para-hydroxylation sites is 3. The summed E-state index contributed by atoms with van der Waals surface area (Å²) in [5.74, 6) is -0.726. The highest BCUT2D eigenvalue weighted by Gasteiger charge is 2.19. The number of methoxy groups -OCH3 is 1. The number of anilines is 1. The van der Waals surface area contributed by atoms with Gasteiger partial charge in [-0.25, -0.2) is 9.78 Å². The lowest BCUT2D eigenvalue weighted by molar-refractivity contribution is -0.383. The molecule has 0 unspecified atom stereocenters. The van der Waals surface area contributed by atoms with Gasteiger partial charge in [0.2, 0.25) is 0 Å². The number of ether oxygens (including phenoxy) is 2. The van der Waals surface area contributed by atoms with Crippen LogP contribution in [-0.4, -0.2) is 35.5 Å². The van der Waals surface area contributed by atoms with Crippen LogP contribution in [0.3, 0.4) is 0 Å². The van der Waals surface area contributed by atoms with Crippen molar-refractivity contribution in [3.05, 3.63) is 94.5 Å². The lowest BCUT2D eigenvalue weighted by Crippen LogP contribution is -2.21. The molecular formula is C25H19N3O6. The highest BCUT2D eigenvalue weighted by Crippen LogP contribution is 2.27. The van der Waals surface area contributed by atoms with Crippen LogP contribution in [0.1, 0.15) is 10.4 Å². The molecule has 9 heteroatoms. The third kappa shape index (κ3) is 4.83. The van der Waals surface area contributed by atoms with Gasteiger partial charge in [0.25, 0.3) is 11.6 Å². The number of nitrogens with one attached hydrogen (secondary N) is 1. The van der Waals surface area contributed by atoms with E-state index in [2.05, 4.69) is 10.3 Å². The molecule has 1 N–H and O–H groups in total. The molecule has 0 aliphatic heterocycles. The van der Waals surface area contributed by atoms with E-state index in [1.165, 1.54) is 18.2 Å². The molecule has 1 amide bonds. The first-order valence-electron chi connectivity index (χ1n) is 10.2. The van der Waals surface area contributed by atoms with Crippen LogP contribution < -0.4 is 10.1 Å². The fraction of sp³-hybridized carbons (Fsp3) is 0.0800. The predicted molar refractivity (Wildman–Crippen MR) is 126 cm³/mol. The Morgan fingerprint density at radius 2 is 1.71 bits per heavy atom. The maximum Gasteiger partial charge on any atom is 0.339 e. The third-order valence-electron chi connectivity index (χ3n) is 5.03. The lowest BCUT2D eigenvalue weighted by Gasteiger charge is -2.11. The van der Waals surface area contributed by atoms with Gasteiger partial charge in [0.15, 0.2) is 6.61 Å². The Hall–Kier alpha value is -4.79. The molecule has 0 radical (unpaired) electrons. The Balaban J connectivity index is 1.56. The summed E-state index contributed by atoms with van der Waals surface area (Å²) in [4.78, 5) is 40.4. The zero-order valence-corrected chi connectivity index (χ0v) is 18.1. The van der Waals surface area contributed by atoms with Crippen molar-refractivity contribution in [1.29, 1.82) is 0 Å². The molecular weight excluding hydrogens is 438 g/mol. The van der Waals surface area contributed by atoms with Crippen molar-refractivity contribution in [3.63, 3.8) is 0 Å². The number of carbonyl (C=O) groups excluding carboxylic acids is 2. The third-order valence-corrected chi connectivity index (χ3v) is 5.03. The van der Waals surface area contributed by atoms with Gasteiger partial charge < -0.3 is 14.8 Å². The van der Waals surface area contributed by atoms with Gasteiger partial charge in [-0.1, -0.05) is 30.3 Å². The number of hydrogen-bond acceptors (Lipinski definition) is 7. The van der Waals surface area contributed by atoms with E-state index < -0.39 is 23.4 Å². The Labute approximate surface area is 194 Å². The molecule has 0 aliphatic rings. The monoisotopic (exact) mass is 457 g/mol. The van der Waals surface area contributed by atoms with E-state index in [1.807, 2.05) is 18.2 Å². The van der Waals surface area contributed by atoms with Crippen LogP contribution in [0, 0.1) is 10.1 Å². The van der Waals surface area contributed by atoms with Crippen LogP contribution in [0.5, 0.6) is 5.75 Å². The molecule has 4 aromatic rings. The van der Waals surface area contributed by atoms with Crippen LogP contribution >= 0.6 is 0 Å². The molecule has 1 heterocycles. The number of aromatic nitrogens is 1. The van der Waals surface area contributed by atoms with Crippen molar-refractivity contribution < 1.29 is 24.0 Å². The lowest BCUT2D eigenvalue weighted by atomic mass is 10.0. The summed E-state index contributed by atoms with van der Waals surface area (Å²) in [5.41, 5.74) is 1.92. The molecule has 0 fully saturated rings. The number of nitro benzene ring substituents is 1. The summed E-state index contributed by atoms with van der Waals surface area (Å²) in [6, 6.07) is 21.6. The molecule has 4 rings (SSSR count). The Kier molecular flexibility index (Phi) is 6.45. The van der Waals surface area contributed by atoms with Crippen LogP contribution in [0.2, 0.25) is 0 Å². The van der Waals surface area contributed by atoms with E-state index in [4.69, 9.17) is 9.47 Å². The van der Waals surface area contributed by atoms with Crippen LogP contribution in [0.4, 0.5) is 11.4 Å². The number of fused-ring (bicyclic) bond motifs is 1. The predicted octanol–water partition coefficient (Wildman–Crippen LogP) is 4.61. The number of carbonyl (C=O) groups is 2. The van der Waals surface area contributed by atoms with Gasteiger partial charge in [0.1, 0.15) is 11.4 Å². The molecule has 0 atom stereocenters.